The lowest BCUT2D eigenvalue weighted by Crippen LogP contribution is -2.44. The molecule has 0 saturated carbocycles. The third kappa shape index (κ3) is 4.66. The Kier molecular flexibility index (Phi) is 6.80. The smallest absolute Gasteiger partial charge is 0.329 e. The molecule has 0 radical (unpaired) electrons. The first-order chi connectivity index (χ1) is 13.1. The molecule has 0 spiro atoms. The Balaban J connectivity index is 1.90. The normalized spacial score (nSPS) is 19.1. The van der Waals surface area contributed by atoms with E-state index in [9.17, 15) is 9.59 Å². The van der Waals surface area contributed by atoms with Crippen LogP contribution in [0.3, 0.4) is 0 Å². The summed E-state index contributed by atoms with van der Waals surface area (Å²) in [6.07, 6.45) is 1.76. The molecule has 2 aromatic rings. The molecule has 1 aliphatic heterocycles. The number of hydrogen-bond donors (Lipinski definition) is 0. The zero-order valence-electron chi connectivity index (χ0n) is 15.1. The number of hydrogen-bond acceptors (Lipinski definition) is 4. The van der Waals surface area contributed by atoms with Crippen molar-refractivity contribution in [1.29, 1.82) is 0 Å². The van der Waals surface area contributed by atoms with Gasteiger partial charge in [0, 0.05) is 16.3 Å². The van der Waals surface area contributed by atoms with E-state index in [-0.39, 0.29) is 17.3 Å². The third-order valence-electron chi connectivity index (χ3n) is 4.40. The number of nitrogens with zero attached hydrogens (tertiary/aromatic N) is 1. The third-order valence-corrected chi connectivity index (χ3v) is 5.96. The van der Waals surface area contributed by atoms with Crippen molar-refractivity contribution >= 4 is 35.2 Å². The summed E-state index contributed by atoms with van der Waals surface area (Å²) in [6, 6.07) is 15.8. The number of unbranched alkanes of at least 4 members (excludes halogenated alkanes) is 1. The largest absolute Gasteiger partial charge is 0.464 e. The Morgan fingerprint density at radius 1 is 1.19 bits per heavy atom. The molecule has 1 amide bonds. The van der Waals surface area contributed by atoms with Gasteiger partial charge in [0.05, 0.1) is 6.61 Å². The van der Waals surface area contributed by atoms with Crippen molar-refractivity contribution in [2.45, 2.75) is 31.2 Å². The van der Waals surface area contributed by atoms with Crippen LogP contribution >= 0.6 is 23.4 Å². The lowest BCUT2D eigenvalue weighted by Gasteiger charge is -2.28. The van der Waals surface area contributed by atoms with Gasteiger partial charge in [-0.25, -0.2) is 4.79 Å². The molecule has 0 aromatic heterocycles. The van der Waals surface area contributed by atoms with Gasteiger partial charge in [-0.05, 0) is 36.2 Å². The van der Waals surface area contributed by atoms with Crippen molar-refractivity contribution in [2.75, 3.05) is 12.4 Å². The molecule has 142 valence electrons. The van der Waals surface area contributed by atoms with Crippen LogP contribution in [0.4, 0.5) is 0 Å². The van der Waals surface area contributed by atoms with Gasteiger partial charge in [-0.15, -0.1) is 11.8 Å². The maximum absolute atomic E-state index is 13.2. The zero-order valence-corrected chi connectivity index (χ0v) is 16.7. The number of rotatable bonds is 6. The van der Waals surface area contributed by atoms with Crippen LogP contribution in [0, 0.1) is 0 Å². The quantitative estimate of drug-likeness (QED) is 0.506. The summed E-state index contributed by atoms with van der Waals surface area (Å²) < 4.78 is 5.42. The van der Waals surface area contributed by atoms with Crippen molar-refractivity contribution in [3.63, 3.8) is 0 Å². The minimum Gasteiger partial charge on any atom is -0.464 e. The molecule has 6 heteroatoms. The fraction of sp³-hybridized carbons (Fsp3) is 0.333. The molecular formula is C21H22ClNO3S. The molecule has 2 unspecified atom stereocenters. The molecule has 0 bridgehead atoms. The summed E-state index contributed by atoms with van der Waals surface area (Å²) in [5, 5.41) is 0.328. The Morgan fingerprint density at radius 2 is 1.96 bits per heavy atom. The van der Waals surface area contributed by atoms with Gasteiger partial charge in [-0.2, -0.15) is 0 Å². The van der Waals surface area contributed by atoms with Crippen molar-refractivity contribution in [1.82, 2.24) is 4.90 Å². The predicted molar refractivity (Wildman–Crippen MR) is 109 cm³/mol. The molecule has 27 heavy (non-hydrogen) atoms. The highest BCUT2D eigenvalue weighted by Gasteiger charge is 2.43. The molecule has 1 heterocycles. The first-order valence-corrected chi connectivity index (χ1v) is 10.5. The molecule has 4 nitrogen and oxygen atoms in total. The van der Waals surface area contributed by atoms with E-state index in [0.717, 1.165) is 18.4 Å². The fourth-order valence-corrected chi connectivity index (χ4v) is 4.60. The second kappa shape index (κ2) is 9.29. The topological polar surface area (TPSA) is 46.6 Å². The van der Waals surface area contributed by atoms with Crippen LogP contribution < -0.4 is 0 Å². The average molecular weight is 404 g/mol. The van der Waals surface area contributed by atoms with Crippen LogP contribution in [-0.4, -0.2) is 35.2 Å². The van der Waals surface area contributed by atoms with Gasteiger partial charge in [0.1, 0.15) is 11.4 Å². The number of carbonyl (C=O) groups is 2. The molecular weight excluding hydrogens is 382 g/mol. The van der Waals surface area contributed by atoms with Crippen molar-refractivity contribution in [3.05, 3.63) is 70.7 Å². The first-order valence-electron chi connectivity index (χ1n) is 9.03. The van der Waals surface area contributed by atoms with Crippen LogP contribution in [-0.2, 0) is 9.53 Å². The van der Waals surface area contributed by atoms with Crippen LogP contribution in [0.25, 0.3) is 0 Å². The Bertz CT molecular complexity index is 799. The van der Waals surface area contributed by atoms with Crippen LogP contribution in [0.1, 0.15) is 41.1 Å². The molecule has 3 rings (SSSR count). The second-order valence-electron chi connectivity index (χ2n) is 6.36. The minimum absolute atomic E-state index is 0.178. The van der Waals surface area contributed by atoms with E-state index < -0.39 is 6.04 Å². The lowest BCUT2D eigenvalue weighted by atomic mass is 10.1. The highest BCUT2D eigenvalue weighted by Crippen LogP contribution is 2.43. The molecule has 0 N–H and O–H groups in total. The molecule has 0 aliphatic carbocycles. The number of esters is 1. The Labute approximate surface area is 168 Å². The number of amides is 1. The van der Waals surface area contributed by atoms with Gasteiger partial charge in [0.2, 0.25) is 0 Å². The highest BCUT2D eigenvalue weighted by atomic mass is 35.5. The standard InChI is InChI=1S/C21H22ClNO3S/c1-2-3-12-26-21(25)18-14-27-20(16-10-7-11-17(22)13-16)23(18)19(24)15-8-5-4-6-9-15/h4-11,13,18,20H,2-3,12,14H2,1H3. The van der Waals surface area contributed by atoms with Crippen molar-refractivity contribution in [3.8, 4) is 0 Å². The monoisotopic (exact) mass is 403 g/mol. The van der Waals surface area contributed by atoms with Gasteiger partial charge < -0.3 is 9.64 Å². The molecule has 1 fully saturated rings. The van der Waals surface area contributed by atoms with Crippen LogP contribution in [0.15, 0.2) is 54.6 Å². The van der Waals surface area contributed by atoms with Gasteiger partial charge in [0.25, 0.3) is 5.91 Å². The first kappa shape index (κ1) is 19.8. The van der Waals surface area contributed by atoms with E-state index in [1.54, 1.807) is 34.9 Å². The van der Waals surface area contributed by atoms with E-state index in [4.69, 9.17) is 16.3 Å². The predicted octanol–water partition coefficient (Wildman–Crippen LogP) is 4.94. The molecule has 1 saturated heterocycles. The molecule has 2 aromatic carbocycles. The number of carbonyl (C=O) groups excluding carboxylic acids is 2. The van der Waals surface area contributed by atoms with Crippen LogP contribution in [0.5, 0.6) is 0 Å². The number of benzene rings is 2. The lowest BCUT2D eigenvalue weighted by molar-refractivity contribution is -0.148. The summed E-state index contributed by atoms with van der Waals surface area (Å²) >= 11 is 7.70. The van der Waals surface area contributed by atoms with Crippen molar-refractivity contribution in [2.24, 2.45) is 0 Å². The molecule has 2 atom stereocenters. The Hall–Kier alpha value is -1.98. The van der Waals surface area contributed by atoms with E-state index in [2.05, 4.69) is 0 Å². The maximum Gasteiger partial charge on any atom is 0.329 e. The summed E-state index contributed by atoms with van der Waals surface area (Å²) in [5.74, 6) is -0.0199. The van der Waals surface area contributed by atoms with Gasteiger partial charge in [-0.3, -0.25) is 4.79 Å². The second-order valence-corrected chi connectivity index (χ2v) is 7.91. The van der Waals surface area contributed by atoms with Crippen LogP contribution in [0.2, 0.25) is 5.02 Å². The van der Waals surface area contributed by atoms with Crippen molar-refractivity contribution < 1.29 is 14.3 Å². The summed E-state index contributed by atoms with van der Waals surface area (Å²) in [5.41, 5.74) is 1.46. The van der Waals surface area contributed by atoms with Gasteiger partial charge in [-0.1, -0.05) is 55.3 Å². The van der Waals surface area contributed by atoms with E-state index in [1.165, 1.54) is 0 Å². The number of halogens is 1. The van der Waals surface area contributed by atoms with Gasteiger partial charge in [0.15, 0.2) is 0 Å². The summed E-state index contributed by atoms with van der Waals surface area (Å²) in [7, 11) is 0. The highest BCUT2D eigenvalue weighted by molar-refractivity contribution is 7.99. The van der Waals surface area contributed by atoms with E-state index in [0.29, 0.717) is 22.9 Å². The van der Waals surface area contributed by atoms with Gasteiger partial charge >= 0.3 is 5.97 Å². The minimum atomic E-state index is -0.608. The summed E-state index contributed by atoms with van der Waals surface area (Å²) in [6.45, 7) is 2.42. The average Bonchev–Trinajstić information content (AvgIpc) is 3.13. The SMILES string of the molecule is CCCCOC(=O)C1CSC(c2cccc(Cl)c2)N1C(=O)c1ccccc1. The maximum atomic E-state index is 13.2. The Morgan fingerprint density at radius 3 is 2.67 bits per heavy atom. The van der Waals surface area contributed by atoms with E-state index >= 15 is 0 Å². The number of ether oxygens (including phenoxy) is 1. The zero-order chi connectivity index (χ0) is 19.2. The fourth-order valence-electron chi connectivity index (χ4n) is 3.00. The number of thioether (sulfide) groups is 1. The summed E-state index contributed by atoms with van der Waals surface area (Å²) in [4.78, 5) is 27.5. The van der Waals surface area contributed by atoms with E-state index in [1.807, 2.05) is 43.3 Å². The molecule has 1 aliphatic rings.